The highest BCUT2D eigenvalue weighted by Gasteiger charge is 2.18. The second kappa shape index (κ2) is 6.61. The van der Waals surface area contributed by atoms with Crippen molar-refractivity contribution in [3.05, 3.63) is 23.8 Å². The van der Waals surface area contributed by atoms with Crippen LogP contribution in [-0.2, 0) is 0 Å². The van der Waals surface area contributed by atoms with E-state index in [1.807, 2.05) is 0 Å². The van der Waals surface area contributed by atoms with Gasteiger partial charge in [0.25, 0.3) is 5.91 Å². The van der Waals surface area contributed by atoms with Gasteiger partial charge in [-0.25, -0.2) is 0 Å². The highest BCUT2D eigenvalue weighted by molar-refractivity contribution is 5.94. The van der Waals surface area contributed by atoms with E-state index < -0.39 is 0 Å². The number of likely N-dealkylation sites (tertiary alicyclic amines) is 1. The number of nitrogens with zero attached hydrogens (tertiary/aromatic N) is 1. The van der Waals surface area contributed by atoms with E-state index in [1.54, 1.807) is 12.1 Å². The molecule has 5 nitrogen and oxygen atoms in total. The van der Waals surface area contributed by atoms with Crippen LogP contribution < -0.4 is 10.1 Å². The van der Waals surface area contributed by atoms with Gasteiger partial charge >= 0.3 is 0 Å². The van der Waals surface area contributed by atoms with Gasteiger partial charge in [0.05, 0.1) is 7.11 Å². The van der Waals surface area contributed by atoms with Gasteiger partial charge in [-0.05, 0) is 50.6 Å². The van der Waals surface area contributed by atoms with E-state index in [2.05, 4.69) is 17.3 Å². The van der Waals surface area contributed by atoms with Crippen molar-refractivity contribution in [1.29, 1.82) is 0 Å². The first-order valence-corrected chi connectivity index (χ1v) is 6.94. The van der Waals surface area contributed by atoms with Crippen molar-refractivity contribution in [3.63, 3.8) is 0 Å². The van der Waals surface area contributed by atoms with Gasteiger partial charge < -0.3 is 20.1 Å². The Morgan fingerprint density at radius 1 is 1.55 bits per heavy atom. The van der Waals surface area contributed by atoms with Gasteiger partial charge in [0.2, 0.25) is 0 Å². The molecule has 20 heavy (non-hydrogen) atoms. The van der Waals surface area contributed by atoms with E-state index >= 15 is 0 Å². The molecule has 1 aromatic carbocycles. The molecule has 1 unspecified atom stereocenters. The predicted molar refractivity (Wildman–Crippen MR) is 77.2 cm³/mol. The van der Waals surface area contributed by atoms with Crippen LogP contribution in [0.5, 0.6) is 11.5 Å². The highest BCUT2D eigenvalue weighted by Crippen LogP contribution is 2.26. The lowest BCUT2D eigenvalue weighted by Crippen LogP contribution is -2.39. The fourth-order valence-electron chi connectivity index (χ4n) is 2.61. The lowest BCUT2D eigenvalue weighted by Gasteiger charge is -2.29. The maximum atomic E-state index is 12.0. The first-order valence-electron chi connectivity index (χ1n) is 6.94. The zero-order valence-electron chi connectivity index (χ0n) is 12.1. The van der Waals surface area contributed by atoms with Crippen LogP contribution in [0.15, 0.2) is 18.2 Å². The Kier molecular flexibility index (Phi) is 4.84. The molecule has 5 heteroatoms. The van der Waals surface area contributed by atoms with Gasteiger partial charge in [0, 0.05) is 18.7 Å². The SMILES string of the molecule is COc1ccc(C(=O)NCC2CCCN(C)C2)cc1O. The van der Waals surface area contributed by atoms with Crippen LogP contribution in [0.2, 0.25) is 0 Å². The summed E-state index contributed by atoms with van der Waals surface area (Å²) < 4.78 is 4.96. The topological polar surface area (TPSA) is 61.8 Å². The van der Waals surface area contributed by atoms with Crippen LogP contribution >= 0.6 is 0 Å². The van der Waals surface area contributed by atoms with E-state index in [-0.39, 0.29) is 11.7 Å². The maximum absolute atomic E-state index is 12.0. The Morgan fingerprint density at radius 3 is 3.00 bits per heavy atom. The molecule has 0 aromatic heterocycles. The normalized spacial score (nSPS) is 19.6. The molecule has 0 aliphatic carbocycles. The molecule has 0 spiro atoms. The van der Waals surface area contributed by atoms with Crippen LogP contribution in [0.3, 0.4) is 0 Å². The number of aromatic hydroxyl groups is 1. The summed E-state index contributed by atoms with van der Waals surface area (Å²) in [5.41, 5.74) is 0.451. The van der Waals surface area contributed by atoms with Crippen molar-refractivity contribution in [2.75, 3.05) is 33.8 Å². The molecule has 0 bridgehead atoms. The molecule has 1 heterocycles. The molecule has 1 fully saturated rings. The van der Waals surface area contributed by atoms with Crippen molar-refractivity contribution in [2.45, 2.75) is 12.8 Å². The third-order valence-electron chi connectivity index (χ3n) is 3.71. The number of hydrogen-bond acceptors (Lipinski definition) is 4. The van der Waals surface area contributed by atoms with Crippen LogP contribution in [0.1, 0.15) is 23.2 Å². The van der Waals surface area contributed by atoms with Crippen molar-refractivity contribution < 1.29 is 14.6 Å². The number of hydrogen-bond donors (Lipinski definition) is 2. The van der Waals surface area contributed by atoms with E-state index in [0.29, 0.717) is 23.8 Å². The maximum Gasteiger partial charge on any atom is 0.251 e. The minimum Gasteiger partial charge on any atom is -0.504 e. The standard InChI is InChI=1S/C15H22N2O3/c1-17-7-3-4-11(10-17)9-16-15(19)12-5-6-14(20-2)13(18)8-12/h5-6,8,11,18H,3-4,7,9-10H2,1-2H3,(H,16,19). The summed E-state index contributed by atoms with van der Waals surface area (Å²) in [5, 5.41) is 12.6. The number of ether oxygens (including phenoxy) is 1. The summed E-state index contributed by atoms with van der Waals surface area (Å²) in [5.74, 6) is 0.703. The number of phenols is 1. The second-order valence-corrected chi connectivity index (χ2v) is 5.37. The Balaban J connectivity index is 1.90. The molecule has 2 N–H and O–H groups in total. The van der Waals surface area contributed by atoms with E-state index in [0.717, 1.165) is 19.5 Å². The van der Waals surface area contributed by atoms with Gasteiger partial charge in [-0.2, -0.15) is 0 Å². The Morgan fingerprint density at radius 2 is 2.35 bits per heavy atom. The summed E-state index contributed by atoms with van der Waals surface area (Å²) in [6, 6.07) is 4.68. The molecular weight excluding hydrogens is 256 g/mol. The quantitative estimate of drug-likeness (QED) is 0.875. The molecule has 2 rings (SSSR count). The summed E-state index contributed by atoms with van der Waals surface area (Å²) in [4.78, 5) is 14.3. The van der Waals surface area contributed by atoms with Crippen molar-refractivity contribution >= 4 is 5.91 Å². The summed E-state index contributed by atoms with van der Waals surface area (Å²) >= 11 is 0. The van der Waals surface area contributed by atoms with Gasteiger partial charge in [0.1, 0.15) is 0 Å². The predicted octanol–water partition coefficient (Wildman–Crippen LogP) is 1.47. The van der Waals surface area contributed by atoms with E-state index in [9.17, 15) is 9.90 Å². The second-order valence-electron chi connectivity index (χ2n) is 5.37. The number of methoxy groups -OCH3 is 1. The summed E-state index contributed by atoms with van der Waals surface area (Å²) in [6.45, 7) is 2.83. The summed E-state index contributed by atoms with van der Waals surface area (Å²) in [6.07, 6.45) is 2.33. The fourth-order valence-corrected chi connectivity index (χ4v) is 2.61. The number of benzene rings is 1. The van der Waals surface area contributed by atoms with Crippen LogP contribution in [0.4, 0.5) is 0 Å². The average molecular weight is 278 g/mol. The molecule has 1 amide bonds. The monoisotopic (exact) mass is 278 g/mol. The lowest BCUT2D eigenvalue weighted by atomic mass is 9.98. The number of amides is 1. The van der Waals surface area contributed by atoms with Crippen molar-refractivity contribution in [3.8, 4) is 11.5 Å². The van der Waals surface area contributed by atoms with E-state index in [4.69, 9.17) is 4.74 Å². The summed E-state index contributed by atoms with van der Waals surface area (Å²) in [7, 11) is 3.59. The van der Waals surface area contributed by atoms with Crippen LogP contribution in [-0.4, -0.2) is 49.7 Å². The van der Waals surface area contributed by atoms with Crippen molar-refractivity contribution in [1.82, 2.24) is 10.2 Å². The van der Waals surface area contributed by atoms with E-state index in [1.165, 1.54) is 19.6 Å². The molecule has 1 aliphatic heterocycles. The number of piperidine rings is 1. The number of carbonyl (C=O) groups is 1. The molecule has 1 aromatic rings. The molecular formula is C15H22N2O3. The zero-order chi connectivity index (χ0) is 14.5. The third kappa shape index (κ3) is 3.63. The number of carbonyl (C=O) groups excluding carboxylic acids is 1. The van der Waals surface area contributed by atoms with Gasteiger partial charge in [-0.1, -0.05) is 0 Å². The molecule has 1 aliphatic rings. The van der Waals surface area contributed by atoms with Gasteiger partial charge in [-0.3, -0.25) is 4.79 Å². The van der Waals surface area contributed by atoms with Crippen LogP contribution in [0, 0.1) is 5.92 Å². The molecule has 1 saturated heterocycles. The molecule has 1 atom stereocenters. The first kappa shape index (κ1) is 14.7. The van der Waals surface area contributed by atoms with Crippen LogP contribution in [0.25, 0.3) is 0 Å². The Hall–Kier alpha value is -1.75. The van der Waals surface area contributed by atoms with Gasteiger partial charge in [0.15, 0.2) is 11.5 Å². The molecule has 110 valence electrons. The average Bonchev–Trinajstić information content (AvgIpc) is 2.44. The van der Waals surface area contributed by atoms with Gasteiger partial charge in [-0.15, -0.1) is 0 Å². The lowest BCUT2D eigenvalue weighted by molar-refractivity contribution is 0.0936. The minimum absolute atomic E-state index is 0.0162. The largest absolute Gasteiger partial charge is 0.504 e. The third-order valence-corrected chi connectivity index (χ3v) is 3.71. The number of nitrogens with one attached hydrogen (secondary N) is 1. The molecule has 0 saturated carbocycles. The smallest absolute Gasteiger partial charge is 0.251 e. The van der Waals surface area contributed by atoms with Crippen molar-refractivity contribution in [2.24, 2.45) is 5.92 Å². The highest BCUT2D eigenvalue weighted by atomic mass is 16.5. The first-order chi connectivity index (χ1) is 9.60. The fraction of sp³-hybridized carbons (Fsp3) is 0.533. The minimum atomic E-state index is -0.156. The molecule has 0 radical (unpaired) electrons. The Labute approximate surface area is 119 Å². The zero-order valence-corrected chi connectivity index (χ0v) is 12.1. The Bertz CT molecular complexity index is 476. The number of phenolic OH excluding ortho intramolecular Hbond substituents is 1. The number of rotatable bonds is 4.